The Kier molecular flexibility index (Phi) is 19.7. The van der Waals surface area contributed by atoms with Gasteiger partial charge in [-0.05, 0) is 216 Å². The largest absolute Gasteiger partial charge is 0.311 e. The van der Waals surface area contributed by atoms with Gasteiger partial charge in [-0.3, -0.25) is 24.1 Å². The third-order valence-electron chi connectivity index (χ3n) is 27.1. The standard InChI is InChI=1S/C49H33N3.2C39H24N4/c1-3-14-36(15-4-1)51(37-16-5-2-6-17-37)38-29-25-34(26-30-38)35-27-31-39(32-28-35)52-46-24-13-22-43-41-19-8-7-18-40(41)42-20-9-10-21-44(42)48(47(43)46)49(52)45-23-11-12-33-50-45;1-2-13-25(14-3-1)37-39(42-32-21-9-8-20-31(32)41-37)43-34-23-12-19-29-27-16-5-4-15-26(27)28-17-6-7-18-30(28)36(35(29)34)38(43)33-22-10-11-24-40-33;1-2-13-25(14-3-1)37-31-19-8-9-21-32(31)41-39(42-37)43-34-23-12-20-29-27-16-5-4-15-26(27)28-17-6-7-18-30(28)36(35(29)34)38(43)33-22-10-11-24-40-33/h1-33H;2*1-24H. The number of hydrogen-bond acceptors (Lipinski definition) is 8. The van der Waals surface area contributed by atoms with Crippen molar-refractivity contribution in [2.24, 2.45) is 0 Å². The molecule has 0 bridgehead atoms. The van der Waals surface area contributed by atoms with Crippen LogP contribution in [0.15, 0.2) is 492 Å². The van der Waals surface area contributed by atoms with Gasteiger partial charge in [0.25, 0.3) is 0 Å². The van der Waals surface area contributed by atoms with E-state index in [1.54, 1.807) is 0 Å². The predicted molar refractivity (Wildman–Crippen MR) is 566 cm³/mol. The Morgan fingerprint density at radius 3 is 0.928 bits per heavy atom. The highest BCUT2D eigenvalue weighted by molar-refractivity contribution is 6.21. The average Bonchev–Trinajstić information content (AvgIpc) is 1.55. The van der Waals surface area contributed by atoms with Crippen LogP contribution in [-0.2, 0) is 0 Å². The van der Waals surface area contributed by atoms with Gasteiger partial charge in [0.15, 0.2) is 5.82 Å². The zero-order chi connectivity index (χ0) is 91.1. The fourth-order valence-electron chi connectivity index (χ4n) is 21.2. The minimum atomic E-state index is 0.623. The molecule has 0 saturated carbocycles. The lowest BCUT2D eigenvalue weighted by Crippen LogP contribution is -2.09. The van der Waals surface area contributed by atoms with Gasteiger partial charge in [0.2, 0.25) is 5.95 Å². The Balaban J connectivity index is 0.000000108. The van der Waals surface area contributed by atoms with Crippen molar-refractivity contribution < 1.29 is 0 Å². The van der Waals surface area contributed by atoms with Gasteiger partial charge < -0.3 is 9.47 Å². The van der Waals surface area contributed by atoms with E-state index in [9.17, 15) is 0 Å². The van der Waals surface area contributed by atoms with E-state index in [0.717, 1.165) is 129 Å². The lowest BCUT2D eigenvalue weighted by Gasteiger charge is -2.25. The molecule has 3 aliphatic carbocycles. The summed E-state index contributed by atoms with van der Waals surface area (Å²) in [6.07, 6.45) is 5.62. The maximum Gasteiger partial charge on any atom is 0.235 e. The molecule has 8 heterocycles. The summed E-state index contributed by atoms with van der Waals surface area (Å²) in [6.45, 7) is 0. The molecule has 0 unspecified atom stereocenters. The summed E-state index contributed by atoms with van der Waals surface area (Å²) in [6, 6.07) is 167. The van der Waals surface area contributed by atoms with E-state index >= 15 is 0 Å². The minimum absolute atomic E-state index is 0.623. The first kappa shape index (κ1) is 80.2. The van der Waals surface area contributed by atoms with Crippen molar-refractivity contribution in [1.82, 2.24) is 48.6 Å². The van der Waals surface area contributed by atoms with Gasteiger partial charge in [-0.2, -0.15) is 0 Å². The molecule has 644 valence electrons. The molecule has 25 aromatic rings. The van der Waals surface area contributed by atoms with E-state index in [4.69, 9.17) is 34.9 Å². The lowest BCUT2D eigenvalue weighted by atomic mass is 9.93. The predicted octanol–water partition coefficient (Wildman–Crippen LogP) is 32.4. The fraction of sp³-hybridized carbons (Fsp3) is 0. The van der Waals surface area contributed by atoms with Crippen LogP contribution in [0.3, 0.4) is 0 Å². The topological polar surface area (TPSA) is 108 Å². The van der Waals surface area contributed by atoms with Crippen LogP contribution in [-0.4, -0.2) is 48.6 Å². The van der Waals surface area contributed by atoms with Crippen molar-refractivity contribution in [2.75, 3.05) is 4.90 Å². The molecule has 8 aromatic heterocycles. The molecule has 28 rings (SSSR count). The summed E-state index contributed by atoms with van der Waals surface area (Å²) in [4.78, 5) is 38.2. The zero-order valence-corrected chi connectivity index (χ0v) is 74.7. The summed E-state index contributed by atoms with van der Waals surface area (Å²) in [5, 5.41) is 4.64. The molecule has 0 aliphatic heterocycles. The molecule has 0 radical (unpaired) electrons. The molecule has 11 heteroatoms. The molecule has 11 nitrogen and oxygen atoms in total. The third kappa shape index (κ3) is 13.5. The van der Waals surface area contributed by atoms with Gasteiger partial charge in [0.1, 0.15) is 5.69 Å². The van der Waals surface area contributed by atoms with Crippen molar-refractivity contribution in [3.8, 4) is 185 Å². The van der Waals surface area contributed by atoms with E-state index in [1.807, 2.05) is 91.4 Å². The summed E-state index contributed by atoms with van der Waals surface area (Å²) >= 11 is 0. The second-order valence-electron chi connectivity index (χ2n) is 34.8. The van der Waals surface area contributed by atoms with E-state index in [1.165, 1.54) is 122 Å². The highest BCUT2D eigenvalue weighted by atomic mass is 15.2. The van der Waals surface area contributed by atoms with Crippen LogP contribution in [0.1, 0.15) is 0 Å². The summed E-state index contributed by atoms with van der Waals surface area (Å²) in [5.41, 5.74) is 44.1. The number of fused-ring (bicyclic) bond motifs is 17. The first-order valence-electron chi connectivity index (χ1n) is 46.7. The number of hydrogen-bond donors (Lipinski definition) is 0. The Bertz CT molecular complexity index is 8990. The number of aromatic nitrogens is 10. The third-order valence-corrected chi connectivity index (χ3v) is 27.1. The Morgan fingerprint density at radius 2 is 0.500 bits per heavy atom. The number of benzene rings is 17. The van der Waals surface area contributed by atoms with Crippen molar-refractivity contribution in [1.29, 1.82) is 0 Å². The Morgan fingerprint density at radius 1 is 0.188 bits per heavy atom. The van der Waals surface area contributed by atoms with Crippen LogP contribution in [0.25, 0.3) is 240 Å². The second kappa shape index (κ2) is 33.8. The summed E-state index contributed by atoms with van der Waals surface area (Å²) in [7, 11) is 0. The Labute approximate surface area is 796 Å². The number of anilines is 3. The number of nitrogens with zero attached hydrogens (tertiary/aromatic N) is 11. The number of pyridine rings is 3. The van der Waals surface area contributed by atoms with Gasteiger partial charge in [0, 0.05) is 90.7 Å². The van der Waals surface area contributed by atoms with E-state index < -0.39 is 0 Å². The van der Waals surface area contributed by atoms with Crippen LogP contribution >= 0.6 is 0 Å². The molecular weight excluding hydrogens is 1680 g/mol. The maximum absolute atomic E-state index is 5.35. The minimum Gasteiger partial charge on any atom is -0.311 e. The fourth-order valence-corrected chi connectivity index (χ4v) is 21.2. The van der Waals surface area contributed by atoms with Crippen LogP contribution in [0.4, 0.5) is 17.1 Å². The van der Waals surface area contributed by atoms with Crippen molar-refractivity contribution in [3.63, 3.8) is 0 Å². The number of para-hydroxylation sites is 5. The van der Waals surface area contributed by atoms with E-state index in [0.29, 0.717) is 5.95 Å². The van der Waals surface area contributed by atoms with E-state index in [-0.39, 0.29) is 0 Å². The van der Waals surface area contributed by atoms with Crippen molar-refractivity contribution in [3.05, 3.63) is 492 Å². The van der Waals surface area contributed by atoms with Gasteiger partial charge in [-0.1, -0.05) is 352 Å². The van der Waals surface area contributed by atoms with Crippen LogP contribution in [0, 0.1) is 0 Å². The van der Waals surface area contributed by atoms with Crippen LogP contribution < -0.4 is 4.90 Å². The molecule has 0 spiro atoms. The lowest BCUT2D eigenvalue weighted by molar-refractivity contribution is 0.985. The van der Waals surface area contributed by atoms with Crippen molar-refractivity contribution in [2.45, 2.75) is 0 Å². The van der Waals surface area contributed by atoms with Gasteiger partial charge >= 0.3 is 0 Å². The molecule has 0 N–H and O–H groups in total. The molecule has 0 atom stereocenters. The highest BCUT2D eigenvalue weighted by Gasteiger charge is 2.36. The van der Waals surface area contributed by atoms with Crippen LogP contribution in [0.2, 0.25) is 0 Å². The molecule has 0 saturated heterocycles. The first-order chi connectivity index (χ1) is 68.6. The molecule has 3 aliphatic rings. The molecule has 138 heavy (non-hydrogen) atoms. The normalized spacial score (nSPS) is 11.6. The second-order valence-corrected chi connectivity index (χ2v) is 34.8. The first-order valence-corrected chi connectivity index (χ1v) is 46.7. The number of rotatable bonds is 12. The maximum atomic E-state index is 5.35. The van der Waals surface area contributed by atoms with Crippen molar-refractivity contribution >= 4 is 71.7 Å². The Hall–Kier alpha value is -18.7. The molecule has 0 fully saturated rings. The smallest absolute Gasteiger partial charge is 0.235 e. The average molecular weight is 1760 g/mol. The monoisotopic (exact) mass is 1760 g/mol. The molecule has 17 aromatic carbocycles. The molecule has 0 amide bonds. The quantitative estimate of drug-likeness (QED) is 0.119. The highest BCUT2D eigenvalue weighted by Crippen LogP contribution is 2.58. The van der Waals surface area contributed by atoms with Crippen LogP contribution in [0.5, 0.6) is 0 Å². The zero-order valence-electron chi connectivity index (χ0n) is 74.7. The van der Waals surface area contributed by atoms with Gasteiger partial charge in [-0.15, -0.1) is 0 Å². The van der Waals surface area contributed by atoms with Gasteiger partial charge in [-0.25, -0.2) is 19.9 Å². The summed E-state index contributed by atoms with van der Waals surface area (Å²) < 4.78 is 6.93. The summed E-state index contributed by atoms with van der Waals surface area (Å²) in [5.74, 6) is 1.41. The molecular formula is C127H81N11. The van der Waals surface area contributed by atoms with E-state index in [2.05, 4.69) is 419 Å². The van der Waals surface area contributed by atoms with Gasteiger partial charge in [0.05, 0.1) is 73.0 Å². The SMILES string of the molecule is c1ccc(-c2nc(-n3c(-c4ccccn4)c4c5c(cccc53)-c3ccccc3-c3ccccc3-4)nc3ccccc23)cc1.c1ccc(-c2nc3ccccc3nc2-n2c(-c3ccccn3)c3c4c(cccc42)-c2ccccc2-c2ccccc2-3)cc1.c1ccc(N(c2ccccc2)c2ccc(-c3ccc(-n4c(-c5ccccn5)c5c6c(cccc64)-c4ccccc4-c4ccccc4-5)cc3)cc2)cc1.